The maximum atomic E-state index is 12.3. The van der Waals surface area contributed by atoms with Crippen molar-refractivity contribution in [1.29, 1.82) is 0 Å². The summed E-state index contributed by atoms with van der Waals surface area (Å²) in [5.41, 5.74) is 0.839. The SMILES string of the molecule is O=C(NCCc1cccs1)c1ccc(C[S@@](=O)Cc2ccccc2Cl)o1. The van der Waals surface area contributed by atoms with Gasteiger partial charge in [0.15, 0.2) is 5.76 Å². The summed E-state index contributed by atoms with van der Waals surface area (Å²) in [5, 5.41) is 5.45. The zero-order chi connectivity index (χ0) is 18.4. The molecule has 0 saturated heterocycles. The van der Waals surface area contributed by atoms with Gasteiger partial charge in [0.1, 0.15) is 5.76 Å². The summed E-state index contributed by atoms with van der Waals surface area (Å²) in [6, 6.07) is 14.7. The minimum atomic E-state index is -1.17. The van der Waals surface area contributed by atoms with Gasteiger partial charge >= 0.3 is 0 Å². The molecule has 0 saturated carbocycles. The van der Waals surface area contributed by atoms with Crippen LogP contribution in [0.25, 0.3) is 0 Å². The van der Waals surface area contributed by atoms with Crippen LogP contribution in [0.4, 0.5) is 0 Å². The highest BCUT2D eigenvalue weighted by Crippen LogP contribution is 2.19. The molecule has 0 aliphatic rings. The second kappa shape index (κ2) is 9.16. The molecule has 7 heteroatoms. The molecule has 2 aromatic heterocycles. The molecule has 0 unspecified atom stereocenters. The average Bonchev–Trinajstić information content (AvgIpc) is 3.29. The van der Waals surface area contributed by atoms with Crippen LogP contribution in [-0.2, 0) is 28.7 Å². The van der Waals surface area contributed by atoms with Gasteiger partial charge in [0, 0.05) is 27.2 Å². The second-order valence-corrected chi connectivity index (χ2v) is 8.57. The van der Waals surface area contributed by atoms with Crippen LogP contribution in [0.3, 0.4) is 0 Å². The van der Waals surface area contributed by atoms with Gasteiger partial charge in [-0.1, -0.05) is 35.9 Å². The van der Waals surface area contributed by atoms with Crippen molar-refractivity contribution in [2.75, 3.05) is 6.54 Å². The van der Waals surface area contributed by atoms with Gasteiger partial charge in [-0.05, 0) is 41.6 Å². The molecular formula is C19H18ClNO3S2. The molecule has 26 heavy (non-hydrogen) atoms. The summed E-state index contributed by atoms with van der Waals surface area (Å²) in [5.74, 6) is 1.10. The third kappa shape index (κ3) is 5.30. The summed E-state index contributed by atoms with van der Waals surface area (Å²) < 4.78 is 17.8. The Morgan fingerprint density at radius 1 is 1.12 bits per heavy atom. The van der Waals surface area contributed by atoms with Crippen LogP contribution in [0.15, 0.2) is 58.3 Å². The summed E-state index contributed by atoms with van der Waals surface area (Å²) in [6.07, 6.45) is 0.791. The highest BCUT2D eigenvalue weighted by Gasteiger charge is 2.13. The first kappa shape index (κ1) is 18.9. The van der Waals surface area contributed by atoms with E-state index in [1.54, 1.807) is 29.5 Å². The molecule has 1 amide bonds. The number of furan rings is 1. The van der Waals surface area contributed by atoms with Gasteiger partial charge in [0.05, 0.1) is 11.5 Å². The van der Waals surface area contributed by atoms with Crippen LogP contribution >= 0.6 is 22.9 Å². The minimum absolute atomic E-state index is 0.237. The number of benzene rings is 1. The summed E-state index contributed by atoms with van der Waals surface area (Å²) in [6.45, 7) is 0.549. The fourth-order valence-electron chi connectivity index (χ4n) is 2.42. The molecule has 1 aromatic carbocycles. The first-order valence-electron chi connectivity index (χ1n) is 8.09. The highest BCUT2D eigenvalue weighted by molar-refractivity contribution is 7.83. The maximum absolute atomic E-state index is 12.3. The largest absolute Gasteiger partial charge is 0.455 e. The van der Waals surface area contributed by atoms with Crippen molar-refractivity contribution in [2.24, 2.45) is 0 Å². The molecule has 1 N–H and O–H groups in total. The lowest BCUT2D eigenvalue weighted by Gasteiger charge is -2.04. The van der Waals surface area contributed by atoms with E-state index in [4.69, 9.17) is 16.0 Å². The Morgan fingerprint density at radius 3 is 2.73 bits per heavy atom. The van der Waals surface area contributed by atoms with E-state index in [0.717, 1.165) is 12.0 Å². The van der Waals surface area contributed by atoms with E-state index in [1.165, 1.54) is 4.88 Å². The van der Waals surface area contributed by atoms with Crippen LogP contribution in [0.5, 0.6) is 0 Å². The van der Waals surface area contributed by atoms with Gasteiger partial charge in [0.25, 0.3) is 5.91 Å². The van der Waals surface area contributed by atoms with E-state index in [1.807, 2.05) is 35.7 Å². The minimum Gasteiger partial charge on any atom is -0.455 e. The average molecular weight is 408 g/mol. The number of nitrogens with one attached hydrogen (secondary N) is 1. The first-order valence-corrected chi connectivity index (χ1v) is 10.8. The lowest BCUT2D eigenvalue weighted by molar-refractivity contribution is 0.0925. The predicted molar refractivity (Wildman–Crippen MR) is 106 cm³/mol. The fourth-order valence-corrected chi connectivity index (χ4v) is 4.58. The van der Waals surface area contributed by atoms with E-state index in [0.29, 0.717) is 23.1 Å². The number of halogens is 1. The van der Waals surface area contributed by atoms with Gasteiger partial charge in [-0.3, -0.25) is 9.00 Å². The fraction of sp³-hybridized carbons (Fsp3) is 0.211. The summed E-state index contributed by atoms with van der Waals surface area (Å²) >= 11 is 7.76. The lowest BCUT2D eigenvalue weighted by atomic mass is 10.2. The number of hydrogen-bond acceptors (Lipinski definition) is 4. The zero-order valence-corrected chi connectivity index (χ0v) is 16.3. The van der Waals surface area contributed by atoms with Crippen molar-refractivity contribution in [3.8, 4) is 0 Å². The summed E-state index contributed by atoms with van der Waals surface area (Å²) in [4.78, 5) is 13.3. The molecule has 0 fully saturated rings. The van der Waals surface area contributed by atoms with Crippen LogP contribution in [0.1, 0.15) is 26.8 Å². The Balaban J connectivity index is 1.49. The first-order chi connectivity index (χ1) is 12.6. The lowest BCUT2D eigenvalue weighted by Crippen LogP contribution is -2.25. The molecular weight excluding hydrogens is 390 g/mol. The predicted octanol–water partition coefficient (Wildman–Crippen LogP) is 4.42. The Hall–Kier alpha value is -1.89. The monoisotopic (exact) mass is 407 g/mol. The Labute approximate surface area is 163 Å². The molecule has 1 atom stereocenters. The van der Waals surface area contributed by atoms with Crippen molar-refractivity contribution in [2.45, 2.75) is 17.9 Å². The maximum Gasteiger partial charge on any atom is 0.287 e. The number of hydrogen-bond donors (Lipinski definition) is 1. The molecule has 0 aliphatic carbocycles. The second-order valence-electron chi connectivity index (χ2n) is 5.67. The molecule has 0 spiro atoms. The van der Waals surface area contributed by atoms with Crippen LogP contribution in [0.2, 0.25) is 5.02 Å². The van der Waals surface area contributed by atoms with Crippen LogP contribution < -0.4 is 5.32 Å². The topological polar surface area (TPSA) is 59.3 Å². The number of thiophene rings is 1. The van der Waals surface area contributed by atoms with E-state index in [9.17, 15) is 9.00 Å². The summed E-state index contributed by atoms with van der Waals surface area (Å²) in [7, 11) is -1.17. The number of carbonyl (C=O) groups is 1. The molecule has 2 heterocycles. The Morgan fingerprint density at radius 2 is 1.96 bits per heavy atom. The van der Waals surface area contributed by atoms with Crippen molar-refractivity contribution in [3.05, 3.63) is 80.9 Å². The number of rotatable bonds is 8. The van der Waals surface area contributed by atoms with E-state index in [-0.39, 0.29) is 17.4 Å². The van der Waals surface area contributed by atoms with Crippen molar-refractivity contribution >= 4 is 39.6 Å². The van der Waals surface area contributed by atoms with E-state index < -0.39 is 10.8 Å². The van der Waals surface area contributed by atoms with Crippen LogP contribution in [-0.4, -0.2) is 16.7 Å². The van der Waals surface area contributed by atoms with Crippen molar-refractivity contribution in [3.63, 3.8) is 0 Å². The van der Waals surface area contributed by atoms with Crippen molar-refractivity contribution in [1.82, 2.24) is 5.32 Å². The molecule has 136 valence electrons. The molecule has 0 radical (unpaired) electrons. The van der Waals surface area contributed by atoms with Crippen LogP contribution in [0, 0.1) is 0 Å². The molecule has 0 aliphatic heterocycles. The molecule has 3 aromatic rings. The highest BCUT2D eigenvalue weighted by atomic mass is 35.5. The zero-order valence-electron chi connectivity index (χ0n) is 13.9. The third-order valence-corrected chi connectivity index (χ3v) is 6.24. The van der Waals surface area contributed by atoms with Gasteiger partial charge in [-0.25, -0.2) is 0 Å². The third-order valence-electron chi connectivity index (χ3n) is 3.70. The van der Waals surface area contributed by atoms with E-state index >= 15 is 0 Å². The van der Waals surface area contributed by atoms with Gasteiger partial charge in [-0.2, -0.15) is 0 Å². The number of amides is 1. The molecule has 4 nitrogen and oxygen atoms in total. The quantitative estimate of drug-likeness (QED) is 0.601. The van der Waals surface area contributed by atoms with Crippen molar-refractivity contribution < 1.29 is 13.4 Å². The standard InChI is InChI=1S/C19H18ClNO3S2/c20-17-6-2-1-4-14(17)12-26(23)13-15-7-8-18(24-15)19(22)21-10-9-16-5-3-11-25-16/h1-8,11H,9-10,12-13H2,(H,21,22)/t26-/m0/s1. The number of carbonyl (C=O) groups excluding carboxylic acids is 1. The molecule has 3 rings (SSSR count). The van der Waals surface area contributed by atoms with E-state index in [2.05, 4.69) is 5.32 Å². The molecule has 0 bridgehead atoms. The Bertz CT molecular complexity index is 890. The van der Waals surface area contributed by atoms with Gasteiger partial charge in [-0.15, -0.1) is 11.3 Å². The Kier molecular flexibility index (Phi) is 6.66. The smallest absolute Gasteiger partial charge is 0.287 e. The van der Waals surface area contributed by atoms with Gasteiger partial charge in [0.2, 0.25) is 0 Å². The normalized spacial score (nSPS) is 12.0. The van der Waals surface area contributed by atoms with Gasteiger partial charge < -0.3 is 9.73 Å².